The van der Waals surface area contributed by atoms with Gasteiger partial charge in [0.1, 0.15) is 0 Å². The van der Waals surface area contributed by atoms with Crippen molar-refractivity contribution in [2.45, 2.75) is 37.8 Å². The van der Waals surface area contributed by atoms with Gasteiger partial charge in [-0.25, -0.2) is 4.98 Å². The maximum absolute atomic E-state index is 6.10. The highest BCUT2D eigenvalue weighted by Crippen LogP contribution is 2.30. The topological polar surface area (TPSA) is 73.8 Å². The molecule has 1 unspecified atom stereocenters. The molecule has 0 amide bonds. The molecule has 0 aliphatic carbocycles. The van der Waals surface area contributed by atoms with Crippen molar-refractivity contribution in [1.29, 1.82) is 0 Å². The van der Waals surface area contributed by atoms with Gasteiger partial charge < -0.3 is 9.47 Å². The number of rotatable bonds is 6. The first-order chi connectivity index (χ1) is 10.3. The second-order valence-electron chi connectivity index (χ2n) is 5.36. The van der Waals surface area contributed by atoms with Gasteiger partial charge in [0.25, 0.3) is 0 Å². The lowest BCUT2D eigenvalue weighted by Gasteiger charge is -2.42. The molecule has 3 rings (SSSR count). The minimum Gasteiger partial charge on any atom is -0.381 e. The van der Waals surface area contributed by atoms with E-state index in [-0.39, 0.29) is 11.6 Å². The molecule has 3 N–H and O–H groups in total. The van der Waals surface area contributed by atoms with Crippen molar-refractivity contribution in [3.8, 4) is 0 Å². The first-order valence-electron chi connectivity index (χ1n) is 7.36. The standard InChI is InChI=1S/C14H22N4O2S/c1-2-20-14(3-6-19-7-4-14)12(17-15)9-11-10-18-5-8-21-13(18)16-11/h5,8,10,12,17H,2-4,6-7,9,15H2,1H3. The molecule has 1 aliphatic heterocycles. The molecular formula is C14H22N4O2S. The lowest BCUT2D eigenvalue weighted by molar-refractivity contribution is -0.126. The van der Waals surface area contributed by atoms with Gasteiger partial charge in [-0.1, -0.05) is 0 Å². The molecule has 3 heterocycles. The Hall–Kier alpha value is -0.990. The molecule has 0 spiro atoms. The summed E-state index contributed by atoms with van der Waals surface area (Å²) in [5.41, 5.74) is 3.73. The highest BCUT2D eigenvalue weighted by atomic mass is 32.1. The number of nitrogens with two attached hydrogens (primary N) is 1. The molecule has 0 bridgehead atoms. The SMILES string of the molecule is CCOC1(C(Cc2cn3ccsc3n2)NN)CCOCC1. The number of thiazole rings is 1. The van der Waals surface area contributed by atoms with Gasteiger partial charge >= 0.3 is 0 Å². The summed E-state index contributed by atoms with van der Waals surface area (Å²) in [5.74, 6) is 5.83. The van der Waals surface area contributed by atoms with Crippen LogP contribution in [-0.4, -0.2) is 40.8 Å². The van der Waals surface area contributed by atoms with E-state index in [1.165, 1.54) is 0 Å². The first kappa shape index (κ1) is 14.9. The Morgan fingerprint density at radius 3 is 3.05 bits per heavy atom. The van der Waals surface area contributed by atoms with Crippen LogP contribution in [0.25, 0.3) is 4.96 Å². The van der Waals surface area contributed by atoms with E-state index in [9.17, 15) is 0 Å². The molecule has 0 radical (unpaired) electrons. The summed E-state index contributed by atoms with van der Waals surface area (Å²) in [6, 6.07) is 0.0333. The molecule has 1 fully saturated rings. The van der Waals surface area contributed by atoms with Crippen LogP contribution in [0, 0.1) is 0 Å². The Labute approximate surface area is 128 Å². The molecule has 1 saturated heterocycles. The van der Waals surface area contributed by atoms with Crippen molar-refractivity contribution in [2.24, 2.45) is 5.84 Å². The van der Waals surface area contributed by atoms with Gasteiger partial charge in [0, 0.05) is 56.9 Å². The third-order valence-corrected chi connectivity index (χ3v) is 4.93. The van der Waals surface area contributed by atoms with E-state index in [1.807, 2.05) is 22.9 Å². The van der Waals surface area contributed by atoms with E-state index in [2.05, 4.69) is 16.6 Å². The Morgan fingerprint density at radius 1 is 1.57 bits per heavy atom. The predicted octanol–water partition coefficient (Wildman–Crippen LogP) is 1.36. The molecule has 6 nitrogen and oxygen atoms in total. The normalized spacial score (nSPS) is 19.9. The Morgan fingerprint density at radius 2 is 2.38 bits per heavy atom. The summed E-state index contributed by atoms with van der Waals surface area (Å²) in [6.07, 6.45) is 6.56. The molecule has 116 valence electrons. The van der Waals surface area contributed by atoms with Crippen LogP contribution in [0.4, 0.5) is 0 Å². The number of hydrogen-bond donors (Lipinski definition) is 2. The monoisotopic (exact) mass is 310 g/mol. The summed E-state index contributed by atoms with van der Waals surface area (Å²) >= 11 is 1.64. The Bertz CT molecular complexity index is 542. The van der Waals surface area contributed by atoms with Gasteiger partial charge in [-0.15, -0.1) is 11.3 Å². The molecule has 1 aliphatic rings. The number of nitrogens with one attached hydrogen (secondary N) is 1. The third-order valence-electron chi connectivity index (χ3n) is 4.16. The van der Waals surface area contributed by atoms with Crippen molar-refractivity contribution in [3.05, 3.63) is 23.5 Å². The van der Waals surface area contributed by atoms with Crippen LogP contribution in [0.2, 0.25) is 0 Å². The summed E-state index contributed by atoms with van der Waals surface area (Å²) < 4.78 is 13.6. The van der Waals surface area contributed by atoms with E-state index < -0.39 is 0 Å². The summed E-state index contributed by atoms with van der Waals surface area (Å²) in [4.78, 5) is 5.66. The van der Waals surface area contributed by atoms with Crippen molar-refractivity contribution in [3.63, 3.8) is 0 Å². The molecular weight excluding hydrogens is 288 g/mol. The van der Waals surface area contributed by atoms with Crippen molar-refractivity contribution >= 4 is 16.3 Å². The van der Waals surface area contributed by atoms with E-state index in [4.69, 9.17) is 15.3 Å². The molecule has 1 atom stereocenters. The molecule has 0 saturated carbocycles. The van der Waals surface area contributed by atoms with Gasteiger partial charge in [0.2, 0.25) is 0 Å². The molecule has 2 aromatic rings. The van der Waals surface area contributed by atoms with Gasteiger partial charge in [-0.2, -0.15) is 0 Å². The van der Waals surface area contributed by atoms with Gasteiger partial charge in [0.05, 0.1) is 17.3 Å². The lowest BCUT2D eigenvalue weighted by atomic mass is 9.84. The molecule has 0 aromatic carbocycles. The zero-order valence-corrected chi connectivity index (χ0v) is 13.1. The third kappa shape index (κ3) is 2.97. The maximum Gasteiger partial charge on any atom is 0.193 e. The highest BCUT2D eigenvalue weighted by Gasteiger charge is 2.41. The van der Waals surface area contributed by atoms with E-state index in [1.54, 1.807) is 11.3 Å². The highest BCUT2D eigenvalue weighted by molar-refractivity contribution is 7.15. The zero-order chi connectivity index (χ0) is 14.7. The van der Waals surface area contributed by atoms with Crippen LogP contribution in [0.15, 0.2) is 17.8 Å². The number of ether oxygens (including phenoxy) is 2. The fourth-order valence-electron chi connectivity index (χ4n) is 3.08. The summed E-state index contributed by atoms with van der Waals surface area (Å²) in [7, 11) is 0. The van der Waals surface area contributed by atoms with Crippen molar-refractivity contribution in [2.75, 3.05) is 19.8 Å². The number of nitrogens with zero attached hydrogens (tertiary/aromatic N) is 2. The number of hydrogen-bond acceptors (Lipinski definition) is 6. The second kappa shape index (κ2) is 6.41. The maximum atomic E-state index is 6.10. The average molecular weight is 310 g/mol. The molecule has 2 aromatic heterocycles. The molecule has 7 heteroatoms. The van der Waals surface area contributed by atoms with Gasteiger partial charge in [-0.05, 0) is 6.92 Å². The van der Waals surface area contributed by atoms with E-state index in [0.717, 1.165) is 43.1 Å². The fraction of sp³-hybridized carbons (Fsp3) is 0.643. The van der Waals surface area contributed by atoms with Crippen molar-refractivity contribution in [1.82, 2.24) is 14.8 Å². The summed E-state index contributed by atoms with van der Waals surface area (Å²) in [6.45, 7) is 4.14. The number of fused-ring (bicyclic) bond motifs is 1. The smallest absolute Gasteiger partial charge is 0.193 e. The van der Waals surface area contributed by atoms with Crippen LogP contribution in [0.1, 0.15) is 25.5 Å². The lowest BCUT2D eigenvalue weighted by Crippen LogP contribution is -2.58. The number of aromatic nitrogens is 2. The van der Waals surface area contributed by atoms with Gasteiger partial charge in [0.15, 0.2) is 4.96 Å². The largest absolute Gasteiger partial charge is 0.381 e. The van der Waals surface area contributed by atoms with Crippen molar-refractivity contribution < 1.29 is 9.47 Å². The Kier molecular flexibility index (Phi) is 4.56. The van der Waals surface area contributed by atoms with Crippen LogP contribution in [0.5, 0.6) is 0 Å². The van der Waals surface area contributed by atoms with E-state index in [0.29, 0.717) is 6.61 Å². The number of imidazole rings is 1. The molecule has 21 heavy (non-hydrogen) atoms. The predicted molar refractivity (Wildman–Crippen MR) is 82.3 cm³/mol. The van der Waals surface area contributed by atoms with Crippen LogP contribution in [-0.2, 0) is 15.9 Å². The Balaban J connectivity index is 1.80. The quantitative estimate of drug-likeness (QED) is 0.622. The van der Waals surface area contributed by atoms with Crippen LogP contribution >= 0.6 is 11.3 Å². The second-order valence-corrected chi connectivity index (χ2v) is 6.23. The minimum atomic E-state index is -0.265. The van der Waals surface area contributed by atoms with Crippen LogP contribution < -0.4 is 11.3 Å². The summed E-state index contributed by atoms with van der Waals surface area (Å²) in [5, 5.41) is 2.03. The average Bonchev–Trinajstić information content (AvgIpc) is 3.07. The van der Waals surface area contributed by atoms with E-state index >= 15 is 0 Å². The zero-order valence-electron chi connectivity index (χ0n) is 12.2. The minimum absolute atomic E-state index is 0.0333. The fourth-order valence-corrected chi connectivity index (χ4v) is 3.80. The number of hydrazine groups is 1. The first-order valence-corrected chi connectivity index (χ1v) is 8.24. The van der Waals surface area contributed by atoms with Crippen LogP contribution in [0.3, 0.4) is 0 Å². The van der Waals surface area contributed by atoms with Gasteiger partial charge in [-0.3, -0.25) is 15.7 Å².